The van der Waals surface area contributed by atoms with E-state index in [9.17, 15) is 8.76 Å². The molecule has 0 aliphatic rings. The van der Waals surface area contributed by atoms with E-state index in [0.29, 0.717) is 17.9 Å². The molecule has 2 rings (SSSR count). The van der Waals surface area contributed by atoms with Gasteiger partial charge in [-0.15, -0.1) is 0 Å². The Morgan fingerprint density at radius 3 is 2.65 bits per heavy atom. The minimum atomic E-state index is -2.34. The van der Waals surface area contributed by atoms with Crippen LogP contribution in [0.15, 0.2) is 30.3 Å². The Hall–Kier alpha value is -1.31. The van der Waals surface area contributed by atoms with E-state index < -0.39 is 11.3 Å². The van der Waals surface area contributed by atoms with Crippen molar-refractivity contribution in [3.63, 3.8) is 0 Å². The minimum Gasteiger partial charge on any atom is -0.755 e. The van der Waals surface area contributed by atoms with Crippen LogP contribution < -0.4 is 4.31 Å². The average Bonchev–Trinajstić information content (AvgIpc) is 2.87. The first kappa shape index (κ1) is 15.1. The summed E-state index contributed by atoms with van der Waals surface area (Å²) in [6.07, 6.45) is 1.30. The molecule has 0 radical (unpaired) electrons. The standard InChI is InChI=1S/C13H17N3O2S2/c1-3-10(2)16(20(17)18)13-12(14-19-15-13)9-11-7-5-4-6-8-11/h4-8,10H,3,9H2,1-2H3,(H,17,18)/p-1. The van der Waals surface area contributed by atoms with Gasteiger partial charge in [-0.1, -0.05) is 37.3 Å². The molecular formula is C13H16N3O2S2-. The Kier molecular flexibility index (Phi) is 5.22. The molecule has 0 amide bonds. The lowest BCUT2D eigenvalue weighted by molar-refractivity contribution is 0.521. The fourth-order valence-corrected chi connectivity index (χ4v) is 3.20. The minimum absolute atomic E-state index is 0.133. The molecule has 1 aromatic carbocycles. The van der Waals surface area contributed by atoms with E-state index in [-0.39, 0.29) is 6.04 Å². The zero-order valence-corrected chi connectivity index (χ0v) is 13.0. The molecule has 5 nitrogen and oxygen atoms in total. The van der Waals surface area contributed by atoms with Crippen molar-refractivity contribution in [3.05, 3.63) is 41.6 Å². The van der Waals surface area contributed by atoms with E-state index in [0.717, 1.165) is 23.7 Å². The average molecular weight is 310 g/mol. The highest BCUT2D eigenvalue weighted by Gasteiger charge is 2.21. The second-order valence-corrected chi connectivity index (χ2v) is 5.85. The summed E-state index contributed by atoms with van der Waals surface area (Å²) in [6.45, 7) is 3.81. The molecule has 2 aromatic rings. The van der Waals surface area contributed by atoms with Crippen LogP contribution in [0.4, 0.5) is 5.82 Å². The third-order valence-corrected chi connectivity index (χ3v) is 4.52. The van der Waals surface area contributed by atoms with Gasteiger partial charge in [0.05, 0.1) is 11.7 Å². The maximum absolute atomic E-state index is 11.5. The van der Waals surface area contributed by atoms with Gasteiger partial charge in [-0.3, -0.25) is 8.51 Å². The molecule has 0 aliphatic carbocycles. The van der Waals surface area contributed by atoms with Gasteiger partial charge < -0.3 is 4.55 Å². The Morgan fingerprint density at radius 1 is 1.35 bits per heavy atom. The first-order chi connectivity index (χ1) is 9.63. The highest BCUT2D eigenvalue weighted by molar-refractivity contribution is 7.80. The second-order valence-electron chi connectivity index (χ2n) is 4.50. The fraction of sp³-hybridized carbons (Fsp3) is 0.385. The lowest BCUT2D eigenvalue weighted by Gasteiger charge is -2.30. The molecule has 0 spiro atoms. The number of anilines is 1. The molecule has 1 aromatic heterocycles. The summed E-state index contributed by atoms with van der Waals surface area (Å²) in [5.41, 5.74) is 1.79. The molecule has 0 aliphatic heterocycles. The third kappa shape index (κ3) is 3.41. The van der Waals surface area contributed by atoms with E-state index >= 15 is 0 Å². The lowest BCUT2D eigenvalue weighted by atomic mass is 10.1. The summed E-state index contributed by atoms with van der Waals surface area (Å²) in [4.78, 5) is 0. The normalized spacial score (nSPS) is 13.9. The van der Waals surface area contributed by atoms with Gasteiger partial charge in [0.2, 0.25) is 0 Å². The number of nitrogens with zero attached hydrogens (tertiary/aromatic N) is 3. The zero-order valence-electron chi connectivity index (χ0n) is 11.4. The number of rotatable bonds is 6. The van der Waals surface area contributed by atoms with Crippen LogP contribution in [0.25, 0.3) is 0 Å². The van der Waals surface area contributed by atoms with Crippen molar-refractivity contribution in [3.8, 4) is 0 Å². The van der Waals surface area contributed by atoms with Gasteiger partial charge in [0.15, 0.2) is 5.82 Å². The molecule has 0 saturated heterocycles. The summed E-state index contributed by atoms with van der Waals surface area (Å²) in [7, 11) is 0. The molecular weight excluding hydrogens is 294 g/mol. The topological polar surface area (TPSA) is 69.2 Å². The highest BCUT2D eigenvalue weighted by Crippen LogP contribution is 2.25. The first-order valence-electron chi connectivity index (χ1n) is 6.37. The summed E-state index contributed by atoms with van der Waals surface area (Å²) in [6, 6.07) is 9.70. The summed E-state index contributed by atoms with van der Waals surface area (Å²) >= 11 is -1.30. The first-order valence-corrected chi connectivity index (χ1v) is 8.13. The van der Waals surface area contributed by atoms with Crippen LogP contribution >= 0.6 is 11.7 Å². The molecule has 0 bridgehead atoms. The Balaban J connectivity index is 2.29. The fourth-order valence-electron chi connectivity index (χ4n) is 1.86. The third-order valence-electron chi connectivity index (χ3n) is 3.11. The van der Waals surface area contributed by atoms with Crippen molar-refractivity contribution >= 4 is 28.8 Å². The molecule has 2 atom stereocenters. The van der Waals surface area contributed by atoms with Gasteiger partial charge in [-0.2, -0.15) is 8.75 Å². The van der Waals surface area contributed by atoms with Gasteiger partial charge in [-0.25, -0.2) is 0 Å². The predicted molar refractivity (Wildman–Crippen MR) is 80.3 cm³/mol. The molecule has 7 heteroatoms. The second kappa shape index (κ2) is 6.92. The Morgan fingerprint density at radius 2 is 2.05 bits per heavy atom. The van der Waals surface area contributed by atoms with Crippen molar-refractivity contribution in [2.45, 2.75) is 32.7 Å². The molecule has 108 valence electrons. The van der Waals surface area contributed by atoms with E-state index in [1.807, 2.05) is 44.2 Å². The summed E-state index contributed by atoms with van der Waals surface area (Å²) in [5.74, 6) is 0.446. The number of hydrogen-bond donors (Lipinski definition) is 0. The van der Waals surface area contributed by atoms with Crippen LogP contribution in [0.2, 0.25) is 0 Å². The largest absolute Gasteiger partial charge is 0.755 e. The molecule has 1 heterocycles. The van der Waals surface area contributed by atoms with Gasteiger partial charge in [-0.05, 0) is 18.9 Å². The zero-order chi connectivity index (χ0) is 14.5. The molecule has 0 fully saturated rings. The molecule has 2 unspecified atom stereocenters. The summed E-state index contributed by atoms with van der Waals surface area (Å²) < 4.78 is 32.7. The van der Waals surface area contributed by atoms with Crippen LogP contribution in [-0.4, -0.2) is 23.6 Å². The van der Waals surface area contributed by atoms with Crippen LogP contribution in [-0.2, 0) is 17.7 Å². The number of hydrogen-bond acceptors (Lipinski definition) is 5. The van der Waals surface area contributed by atoms with Crippen molar-refractivity contribution in [1.29, 1.82) is 0 Å². The van der Waals surface area contributed by atoms with Gasteiger partial charge in [0.25, 0.3) is 0 Å². The molecule has 20 heavy (non-hydrogen) atoms. The lowest BCUT2D eigenvalue weighted by Crippen LogP contribution is -2.35. The van der Waals surface area contributed by atoms with Gasteiger partial charge in [0.1, 0.15) is 5.69 Å². The Labute approximate surface area is 125 Å². The van der Waals surface area contributed by atoms with Crippen molar-refractivity contribution in [2.24, 2.45) is 0 Å². The SMILES string of the molecule is CCC(C)N(c1nsnc1Cc1ccccc1)S(=O)[O-]. The van der Waals surface area contributed by atoms with Crippen molar-refractivity contribution < 1.29 is 8.76 Å². The maximum atomic E-state index is 11.5. The number of benzene rings is 1. The van der Waals surface area contributed by atoms with E-state index in [4.69, 9.17) is 0 Å². The van der Waals surface area contributed by atoms with Crippen molar-refractivity contribution in [1.82, 2.24) is 8.75 Å². The quantitative estimate of drug-likeness (QED) is 0.769. The molecule has 0 N–H and O–H groups in total. The van der Waals surface area contributed by atoms with Crippen molar-refractivity contribution in [2.75, 3.05) is 4.31 Å². The van der Waals surface area contributed by atoms with E-state index in [2.05, 4.69) is 8.75 Å². The van der Waals surface area contributed by atoms with Crippen LogP contribution in [0, 0.1) is 0 Å². The van der Waals surface area contributed by atoms with Crippen LogP contribution in [0.5, 0.6) is 0 Å². The van der Waals surface area contributed by atoms with E-state index in [1.54, 1.807) is 0 Å². The van der Waals surface area contributed by atoms with E-state index in [1.165, 1.54) is 4.31 Å². The van der Waals surface area contributed by atoms with Gasteiger partial charge >= 0.3 is 0 Å². The summed E-state index contributed by atoms with van der Waals surface area (Å²) in [5, 5.41) is 0. The van der Waals surface area contributed by atoms with Crippen LogP contribution in [0.1, 0.15) is 31.5 Å². The number of aromatic nitrogens is 2. The monoisotopic (exact) mass is 310 g/mol. The smallest absolute Gasteiger partial charge is 0.177 e. The highest BCUT2D eigenvalue weighted by atomic mass is 32.2. The Bertz CT molecular complexity index is 574. The van der Waals surface area contributed by atoms with Gasteiger partial charge in [0, 0.05) is 23.7 Å². The van der Waals surface area contributed by atoms with Crippen LogP contribution in [0.3, 0.4) is 0 Å². The predicted octanol–water partition coefficient (Wildman–Crippen LogP) is 2.53. The molecule has 0 saturated carbocycles. The maximum Gasteiger partial charge on any atom is 0.177 e.